The van der Waals surface area contributed by atoms with Crippen molar-refractivity contribution in [2.45, 2.75) is 40.2 Å². The van der Waals surface area contributed by atoms with Gasteiger partial charge in [0.15, 0.2) is 11.5 Å². The Labute approximate surface area is 118 Å². The van der Waals surface area contributed by atoms with Gasteiger partial charge in [-0.15, -0.1) is 0 Å². The van der Waals surface area contributed by atoms with Crippen LogP contribution < -0.4 is 9.47 Å². The van der Waals surface area contributed by atoms with Gasteiger partial charge < -0.3 is 14.6 Å². The molecule has 0 radical (unpaired) electrons. The van der Waals surface area contributed by atoms with Gasteiger partial charge >= 0.3 is 5.97 Å². The van der Waals surface area contributed by atoms with Crippen molar-refractivity contribution in [2.75, 3.05) is 7.11 Å². The molecule has 0 aromatic heterocycles. The number of hydrogen-bond acceptors (Lipinski definition) is 3. The summed E-state index contributed by atoms with van der Waals surface area (Å²) in [6.07, 6.45) is 0.0273. The first-order valence-corrected chi connectivity index (χ1v) is 6.44. The van der Waals surface area contributed by atoms with Crippen molar-refractivity contribution in [1.29, 1.82) is 0 Å². The first-order chi connectivity index (χ1) is 9.17. The number of carboxylic acid groups (broad SMARTS) is 1. The van der Waals surface area contributed by atoms with Crippen molar-refractivity contribution in [3.05, 3.63) is 23.5 Å². The largest absolute Gasteiger partial charge is 0.493 e. The fraction of sp³-hybridized carbons (Fsp3) is 0.533. The lowest BCUT2D eigenvalue weighted by Crippen LogP contribution is -2.26. The molecular weight excluding hydrogens is 263 g/mol. The van der Waals surface area contributed by atoms with Crippen LogP contribution in [0.1, 0.15) is 33.3 Å². The van der Waals surface area contributed by atoms with Crippen LogP contribution in [0.5, 0.6) is 11.5 Å². The smallest absolute Gasteiger partial charge is 0.309 e. The highest BCUT2D eigenvalue weighted by Gasteiger charge is 2.30. The van der Waals surface area contributed by atoms with Gasteiger partial charge in [-0.25, -0.2) is 4.39 Å². The van der Waals surface area contributed by atoms with Gasteiger partial charge in [-0.2, -0.15) is 0 Å². The number of ether oxygens (including phenoxy) is 2. The molecule has 0 spiro atoms. The summed E-state index contributed by atoms with van der Waals surface area (Å²) in [6.45, 7) is 6.86. The van der Waals surface area contributed by atoms with Crippen molar-refractivity contribution in [1.82, 2.24) is 0 Å². The predicted molar refractivity (Wildman–Crippen MR) is 73.8 cm³/mol. The average Bonchev–Trinajstić information content (AvgIpc) is 2.31. The molecule has 0 fully saturated rings. The molecule has 5 heteroatoms. The summed E-state index contributed by atoms with van der Waals surface area (Å²) in [5, 5.41) is 9.21. The van der Waals surface area contributed by atoms with E-state index in [0.717, 1.165) is 0 Å². The predicted octanol–water partition coefficient (Wildman–Crippen LogP) is 3.27. The van der Waals surface area contributed by atoms with Crippen LogP contribution >= 0.6 is 0 Å². The minimum atomic E-state index is -1.02. The molecule has 0 amide bonds. The van der Waals surface area contributed by atoms with Crippen LogP contribution in [0.15, 0.2) is 12.1 Å². The maximum absolute atomic E-state index is 13.6. The Morgan fingerprint density at radius 1 is 1.40 bits per heavy atom. The number of carboxylic acids is 1. The van der Waals surface area contributed by atoms with E-state index < -0.39 is 17.2 Å². The molecular formula is C15H21FO4. The van der Waals surface area contributed by atoms with Crippen LogP contribution in [0.3, 0.4) is 0 Å². The number of rotatable bonds is 6. The first-order valence-electron chi connectivity index (χ1n) is 6.44. The number of halogens is 1. The lowest BCUT2D eigenvalue weighted by Gasteiger charge is -2.23. The number of carbonyl (C=O) groups is 1. The van der Waals surface area contributed by atoms with E-state index in [2.05, 4.69) is 0 Å². The number of methoxy groups -OCH3 is 1. The molecule has 0 bridgehead atoms. The second kappa shape index (κ2) is 6.11. The van der Waals surface area contributed by atoms with E-state index in [4.69, 9.17) is 9.47 Å². The summed E-state index contributed by atoms with van der Waals surface area (Å²) < 4.78 is 24.4. The van der Waals surface area contributed by atoms with Crippen molar-refractivity contribution in [3.8, 4) is 11.5 Å². The van der Waals surface area contributed by atoms with E-state index in [-0.39, 0.29) is 18.3 Å². The van der Waals surface area contributed by atoms with E-state index in [1.165, 1.54) is 19.2 Å². The third-order valence-corrected chi connectivity index (χ3v) is 2.88. The SMILES string of the molecule is COc1cc(F)cc(CC(C)(C)C(=O)O)c1OC(C)C. The number of benzene rings is 1. The summed E-state index contributed by atoms with van der Waals surface area (Å²) in [5.41, 5.74) is -0.531. The Balaban J connectivity index is 3.28. The summed E-state index contributed by atoms with van der Waals surface area (Å²) >= 11 is 0. The molecule has 0 saturated heterocycles. The topological polar surface area (TPSA) is 55.8 Å². The molecule has 0 atom stereocenters. The van der Waals surface area contributed by atoms with Gasteiger partial charge in [0.05, 0.1) is 18.6 Å². The Morgan fingerprint density at radius 3 is 2.45 bits per heavy atom. The maximum atomic E-state index is 13.6. The van der Waals surface area contributed by atoms with Crippen LogP contribution in [-0.4, -0.2) is 24.3 Å². The fourth-order valence-electron chi connectivity index (χ4n) is 1.83. The molecule has 0 aliphatic carbocycles. The quantitative estimate of drug-likeness (QED) is 0.871. The summed E-state index contributed by atoms with van der Waals surface area (Å²) in [4.78, 5) is 11.2. The highest BCUT2D eigenvalue weighted by molar-refractivity contribution is 5.74. The van der Waals surface area contributed by atoms with Gasteiger partial charge in [-0.1, -0.05) is 0 Å². The maximum Gasteiger partial charge on any atom is 0.309 e. The Morgan fingerprint density at radius 2 is 2.00 bits per heavy atom. The molecule has 1 N–H and O–H groups in total. The van der Waals surface area contributed by atoms with Crippen molar-refractivity contribution >= 4 is 5.97 Å². The Hall–Kier alpha value is -1.78. The van der Waals surface area contributed by atoms with Crippen LogP contribution in [0, 0.1) is 11.2 Å². The summed E-state index contributed by atoms with van der Waals surface area (Å²) in [7, 11) is 1.42. The molecule has 112 valence electrons. The molecule has 4 nitrogen and oxygen atoms in total. The molecule has 0 heterocycles. The third-order valence-electron chi connectivity index (χ3n) is 2.88. The molecule has 20 heavy (non-hydrogen) atoms. The molecule has 0 unspecified atom stereocenters. The van der Waals surface area contributed by atoms with Crippen LogP contribution in [0.2, 0.25) is 0 Å². The van der Waals surface area contributed by atoms with E-state index in [9.17, 15) is 14.3 Å². The van der Waals surface area contributed by atoms with Crippen LogP contribution in [-0.2, 0) is 11.2 Å². The minimum Gasteiger partial charge on any atom is -0.493 e. The van der Waals surface area contributed by atoms with Gasteiger partial charge in [0, 0.05) is 11.6 Å². The average molecular weight is 284 g/mol. The normalized spacial score (nSPS) is 11.6. The monoisotopic (exact) mass is 284 g/mol. The van der Waals surface area contributed by atoms with Gasteiger partial charge in [0.1, 0.15) is 5.82 Å². The van der Waals surface area contributed by atoms with E-state index in [1.807, 2.05) is 13.8 Å². The molecule has 0 aliphatic heterocycles. The van der Waals surface area contributed by atoms with Gasteiger partial charge in [0.25, 0.3) is 0 Å². The van der Waals surface area contributed by atoms with Crippen LogP contribution in [0.25, 0.3) is 0 Å². The standard InChI is InChI=1S/C15H21FO4/c1-9(2)20-13-10(8-15(3,4)14(17)18)6-11(16)7-12(13)19-5/h6-7,9H,8H2,1-5H3,(H,17,18). The second-order valence-electron chi connectivity index (χ2n) is 5.63. The van der Waals surface area contributed by atoms with Crippen molar-refractivity contribution in [3.63, 3.8) is 0 Å². The summed E-state index contributed by atoms with van der Waals surface area (Å²) in [5.74, 6) is -0.751. The highest BCUT2D eigenvalue weighted by atomic mass is 19.1. The van der Waals surface area contributed by atoms with Gasteiger partial charge in [-0.05, 0) is 40.2 Å². The molecule has 1 aromatic rings. The Bertz CT molecular complexity index is 495. The third kappa shape index (κ3) is 3.85. The molecule has 1 aromatic carbocycles. The highest BCUT2D eigenvalue weighted by Crippen LogP contribution is 2.37. The zero-order chi connectivity index (χ0) is 15.5. The zero-order valence-electron chi connectivity index (χ0n) is 12.5. The lowest BCUT2D eigenvalue weighted by atomic mass is 9.85. The molecule has 1 rings (SSSR count). The first kappa shape index (κ1) is 16.3. The van der Waals surface area contributed by atoms with E-state index >= 15 is 0 Å². The number of hydrogen-bond donors (Lipinski definition) is 1. The lowest BCUT2D eigenvalue weighted by molar-refractivity contribution is -0.146. The summed E-state index contributed by atoms with van der Waals surface area (Å²) in [6, 6.07) is 2.53. The minimum absolute atomic E-state index is 0.124. The Kier molecular flexibility index (Phi) is 4.98. The van der Waals surface area contributed by atoms with Gasteiger partial charge in [0.2, 0.25) is 0 Å². The molecule has 0 aliphatic rings. The van der Waals surface area contributed by atoms with Gasteiger partial charge in [-0.3, -0.25) is 4.79 Å². The fourth-order valence-corrected chi connectivity index (χ4v) is 1.83. The molecule has 0 saturated carbocycles. The zero-order valence-corrected chi connectivity index (χ0v) is 12.5. The van der Waals surface area contributed by atoms with Crippen molar-refractivity contribution in [2.24, 2.45) is 5.41 Å². The number of aliphatic carboxylic acids is 1. The van der Waals surface area contributed by atoms with Crippen LogP contribution in [0.4, 0.5) is 4.39 Å². The van der Waals surface area contributed by atoms with Crippen molar-refractivity contribution < 1.29 is 23.8 Å². The second-order valence-corrected chi connectivity index (χ2v) is 5.63. The van der Waals surface area contributed by atoms with E-state index in [1.54, 1.807) is 13.8 Å². The van der Waals surface area contributed by atoms with E-state index in [0.29, 0.717) is 11.3 Å².